The van der Waals surface area contributed by atoms with Gasteiger partial charge in [0.1, 0.15) is 0 Å². The molecule has 7 nitrogen and oxygen atoms in total. The quantitative estimate of drug-likeness (QED) is 0.667. The fraction of sp³-hybridized carbons (Fsp3) is 0.250. The molecular weight excluding hydrogens is 312 g/mol. The lowest BCUT2D eigenvalue weighted by atomic mass is 10.3. The van der Waals surface area contributed by atoms with E-state index < -0.39 is 0 Å². The number of rotatable bonds is 5. The normalized spacial score (nSPS) is 11.0. The van der Waals surface area contributed by atoms with E-state index in [2.05, 4.69) is 25.7 Å². The average Bonchev–Trinajstić information content (AvgIpc) is 3.14. The van der Waals surface area contributed by atoms with Gasteiger partial charge in [-0.15, -0.1) is 15.3 Å². The molecule has 0 fully saturated rings. The van der Waals surface area contributed by atoms with Crippen molar-refractivity contribution in [1.29, 1.82) is 0 Å². The van der Waals surface area contributed by atoms with E-state index in [0.717, 1.165) is 12.1 Å². The van der Waals surface area contributed by atoms with Crippen molar-refractivity contribution < 1.29 is 4.42 Å². The maximum Gasteiger partial charge on any atom is 0.226 e. The molecule has 0 saturated heterocycles. The van der Waals surface area contributed by atoms with Crippen molar-refractivity contribution in [2.45, 2.75) is 24.3 Å². The standard InChI is InChI=1S/C12H11ClN6OS/c1-2-10-14-15-11(20-10)7-21-12-16-17-18-19(12)9-5-3-4-8(13)6-9/h3-6H,2,7H2,1H3. The summed E-state index contributed by atoms with van der Waals surface area (Å²) in [7, 11) is 0. The zero-order valence-corrected chi connectivity index (χ0v) is 12.7. The lowest BCUT2D eigenvalue weighted by molar-refractivity contribution is 0.469. The third-order valence-corrected chi connectivity index (χ3v) is 3.77. The first-order chi connectivity index (χ1) is 10.3. The maximum absolute atomic E-state index is 5.98. The number of aryl methyl sites for hydroxylation is 1. The molecule has 0 aliphatic heterocycles. The van der Waals surface area contributed by atoms with Crippen LogP contribution in [0.25, 0.3) is 5.69 Å². The Morgan fingerprint density at radius 1 is 1.24 bits per heavy atom. The number of hydrogen-bond donors (Lipinski definition) is 0. The Morgan fingerprint density at radius 2 is 2.10 bits per heavy atom. The van der Waals surface area contributed by atoms with Gasteiger partial charge in [0.15, 0.2) is 0 Å². The fourth-order valence-corrected chi connectivity index (χ4v) is 2.57. The van der Waals surface area contributed by atoms with Crippen molar-refractivity contribution in [3.63, 3.8) is 0 Å². The first-order valence-corrected chi connectivity index (χ1v) is 7.61. The van der Waals surface area contributed by atoms with Crippen LogP contribution in [0.15, 0.2) is 33.8 Å². The van der Waals surface area contributed by atoms with Crippen molar-refractivity contribution >= 4 is 23.4 Å². The van der Waals surface area contributed by atoms with Crippen LogP contribution in [0.4, 0.5) is 0 Å². The van der Waals surface area contributed by atoms with E-state index in [1.54, 1.807) is 16.8 Å². The van der Waals surface area contributed by atoms with Gasteiger partial charge in [-0.1, -0.05) is 36.4 Å². The Hall–Kier alpha value is -1.93. The average molecular weight is 323 g/mol. The molecule has 3 rings (SSSR count). The van der Waals surface area contributed by atoms with Gasteiger partial charge in [0.05, 0.1) is 11.4 Å². The van der Waals surface area contributed by atoms with Crippen LogP contribution >= 0.6 is 23.4 Å². The summed E-state index contributed by atoms with van der Waals surface area (Å²) in [6.07, 6.45) is 0.720. The van der Waals surface area contributed by atoms with E-state index in [1.165, 1.54) is 11.8 Å². The van der Waals surface area contributed by atoms with Crippen molar-refractivity contribution in [2.24, 2.45) is 0 Å². The van der Waals surface area contributed by atoms with E-state index in [9.17, 15) is 0 Å². The predicted molar refractivity (Wildman–Crippen MR) is 77.4 cm³/mol. The van der Waals surface area contributed by atoms with Gasteiger partial charge < -0.3 is 4.42 Å². The SMILES string of the molecule is CCc1nnc(CSc2nnnn2-c2cccc(Cl)c2)o1. The van der Waals surface area contributed by atoms with Gasteiger partial charge >= 0.3 is 0 Å². The molecule has 0 atom stereocenters. The Kier molecular flexibility index (Phi) is 4.16. The van der Waals surface area contributed by atoms with E-state index in [-0.39, 0.29) is 0 Å². The first kappa shape index (κ1) is 14.0. The zero-order chi connectivity index (χ0) is 14.7. The number of benzene rings is 1. The summed E-state index contributed by atoms with van der Waals surface area (Å²) in [5, 5.41) is 20.8. The number of aromatic nitrogens is 6. The van der Waals surface area contributed by atoms with Crippen molar-refractivity contribution in [3.8, 4) is 5.69 Å². The summed E-state index contributed by atoms with van der Waals surface area (Å²) in [4.78, 5) is 0. The van der Waals surface area contributed by atoms with Crippen LogP contribution in [0.5, 0.6) is 0 Å². The van der Waals surface area contributed by atoms with Crippen LogP contribution in [0.1, 0.15) is 18.7 Å². The molecule has 0 N–H and O–H groups in total. The molecule has 0 bridgehead atoms. The van der Waals surface area contributed by atoms with Crippen LogP contribution in [0.2, 0.25) is 5.02 Å². The molecule has 108 valence electrons. The fourth-order valence-electron chi connectivity index (χ4n) is 1.65. The maximum atomic E-state index is 5.98. The highest BCUT2D eigenvalue weighted by Gasteiger charge is 2.12. The molecule has 0 saturated carbocycles. The molecule has 0 radical (unpaired) electrons. The molecule has 9 heteroatoms. The van der Waals surface area contributed by atoms with Crippen molar-refractivity contribution in [2.75, 3.05) is 0 Å². The molecule has 0 aliphatic rings. The molecule has 21 heavy (non-hydrogen) atoms. The minimum Gasteiger partial charge on any atom is -0.424 e. The van der Waals surface area contributed by atoms with Crippen molar-refractivity contribution in [1.82, 2.24) is 30.4 Å². The lowest BCUT2D eigenvalue weighted by Crippen LogP contribution is -1.99. The van der Waals surface area contributed by atoms with Crippen LogP contribution < -0.4 is 0 Å². The third-order valence-electron chi connectivity index (χ3n) is 2.63. The predicted octanol–water partition coefficient (Wildman–Crippen LogP) is 2.55. The Labute approximate surface area is 129 Å². The van der Waals surface area contributed by atoms with Gasteiger partial charge in [0, 0.05) is 11.4 Å². The second kappa shape index (κ2) is 6.23. The van der Waals surface area contributed by atoms with Gasteiger partial charge in [-0.05, 0) is 28.6 Å². The van der Waals surface area contributed by atoms with Crippen LogP contribution in [-0.2, 0) is 12.2 Å². The topological polar surface area (TPSA) is 82.5 Å². The molecule has 0 aliphatic carbocycles. The van der Waals surface area contributed by atoms with Gasteiger partial charge in [-0.2, -0.15) is 4.68 Å². The first-order valence-electron chi connectivity index (χ1n) is 6.24. The lowest BCUT2D eigenvalue weighted by Gasteiger charge is -2.03. The Balaban J connectivity index is 1.76. The molecular formula is C12H11ClN6OS. The Morgan fingerprint density at radius 3 is 2.86 bits per heavy atom. The molecule has 3 aromatic rings. The summed E-state index contributed by atoms with van der Waals surface area (Å²) in [5.41, 5.74) is 0.801. The number of thioether (sulfide) groups is 1. The molecule has 2 heterocycles. The van der Waals surface area contributed by atoms with Gasteiger partial charge in [0.2, 0.25) is 16.9 Å². The highest BCUT2D eigenvalue weighted by molar-refractivity contribution is 7.98. The van der Waals surface area contributed by atoms with Crippen LogP contribution in [-0.4, -0.2) is 30.4 Å². The summed E-state index contributed by atoms with van der Waals surface area (Å²) >= 11 is 7.40. The highest BCUT2D eigenvalue weighted by Crippen LogP contribution is 2.23. The number of nitrogens with zero attached hydrogens (tertiary/aromatic N) is 6. The summed E-state index contributed by atoms with van der Waals surface area (Å²) in [5.74, 6) is 1.69. The summed E-state index contributed by atoms with van der Waals surface area (Å²) < 4.78 is 7.07. The van der Waals surface area contributed by atoms with Gasteiger partial charge in [-0.3, -0.25) is 0 Å². The zero-order valence-electron chi connectivity index (χ0n) is 11.1. The molecule has 1 aromatic carbocycles. The minimum atomic E-state index is 0.508. The molecule has 0 unspecified atom stereocenters. The molecule has 0 amide bonds. The third kappa shape index (κ3) is 3.22. The molecule has 2 aromatic heterocycles. The number of halogens is 1. The molecule has 0 spiro atoms. The largest absolute Gasteiger partial charge is 0.424 e. The van der Waals surface area contributed by atoms with E-state index >= 15 is 0 Å². The second-order valence-electron chi connectivity index (χ2n) is 4.08. The van der Waals surface area contributed by atoms with Crippen molar-refractivity contribution in [3.05, 3.63) is 41.1 Å². The number of hydrogen-bond acceptors (Lipinski definition) is 7. The van der Waals surface area contributed by atoms with Crippen LogP contribution in [0.3, 0.4) is 0 Å². The summed E-state index contributed by atoms with van der Waals surface area (Å²) in [6, 6.07) is 7.32. The van der Waals surface area contributed by atoms with Gasteiger partial charge in [0.25, 0.3) is 0 Å². The van der Waals surface area contributed by atoms with Gasteiger partial charge in [-0.25, -0.2) is 0 Å². The Bertz CT molecular complexity index is 743. The second-order valence-corrected chi connectivity index (χ2v) is 5.46. The van der Waals surface area contributed by atoms with E-state index in [0.29, 0.717) is 27.7 Å². The number of tetrazole rings is 1. The monoisotopic (exact) mass is 322 g/mol. The van der Waals surface area contributed by atoms with E-state index in [4.69, 9.17) is 16.0 Å². The minimum absolute atomic E-state index is 0.508. The highest BCUT2D eigenvalue weighted by atomic mass is 35.5. The van der Waals surface area contributed by atoms with Crippen LogP contribution in [0, 0.1) is 0 Å². The smallest absolute Gasteiger partial charge is 0.226 e. The summed E-state index contributed by atoms with van der Waals surface area (Å²) in [6.45, 7) is 1.96. The van der Waals surface area contributed by atoms with E-state index in [1.807, 2.05) is 19.1 Å².